The molecule has 25 heavy (non-hydrogen) atoms. The highest BCUT2D eigenvalue weighted by atomic mass is 16.5. The minimum atomic E-state index is -0.0970. The molecule has 2 fully saturated rings. The number of benzene rings is 1. The molecule has 0 saturated carbocycles. The molecule has 136 valence electrons. The van der Waals surface area contributed by atoms with Crippen molar-refractivity contribution >= 4 is 6.03 Å². The van der Waals surface area contributed by atoms with Crippen molar-refractivity contribution in [3.05, 3.63) is 29.8 Å². The van der Waals surface area contributed by atoms with E-state index in [0.29, 0.717) is 19.7 Å². The Morgan fingerprint density at radius 1 is 1.08 bits per heavy atom. The summed E-state index contributed by atoms with van der Waals surface area (Å²) in [5.74, 6) is 0.859. The summed E-state index contributed by atoms with van der Waals surface area (Å²) in [5, 5.41) is 3.13. The molecule has 6 nitrogen and oxygen atoms in total. The Morgan fingerprint density at radius 3 is 2.40 bits per heavy atom. The molecular weight excluding hydrogens is 320 g/mol. The number of amides is 2. The van der Waals surface area contributed by atoms with Crippen molar-refractivity contribution in [3.8, 4) is 5.75 Å². The molecule has 4 rings (SSSR count). The predicted molar refractivity (Wildman–Crippen MR) is 92.7 cm³/mol. The van der Waals surface area contributed by atoms with Gasteiger partial charge in [0.15, 0.2) is 0 Å². The van der Waals surface area contributed by atoms with Gasteiger partial charge < -0.3 is 24.4 Å². The molecule has 1 aromatic rings. The number of nitrogens with one attached hydrogen (secondary N) is 1. The molecular formula is C19H26N2O4. The van der Waals surface area contributed by atoms with Crippen LogP contribution in [0.25, 0.3) is 0 Å². The summed E-state index contributed by atoms with van der Waals surface area (Å²) in [6.07, 6.45) is 4.46. The van der Waals surface area contributed by atoms with Gasteiger partial charge in [0, 0.05) is 31.9 Å². The molecule has 2 saturated heterocycles. The maximum absolute atomic E-state index is 12.9. The van der Waals surface area contributed by atoms with Gasteiger partial charge in [0.05, 0.1) is 18.2 Å². The SMILES string of the molecule is O=C(N[C@@H]1COc2ccccc21)N(C[C@H]1CCCO1)C[C@@H]1CCCO1. The molecule has 0 spiro atoms. The molecule has 3 atom stereocenters. The third-order valence-electron chi connectivity index (χ3n) is 5.18. The lowest BCUT2D eigenvalue weighted by Crippen LogP contribution is -2.48. The summed E-state index contributed by atoms with van der Waals surface area (Å²) in [6.45, 7) is 3.33. The van der Waals surface area contributed by atoms with E-state index in [9.17, 15) is 4.79 Å². The van der Waals surface area contributed by atoms with Crippen LogP contribution < -0.4 is 10.1 Å². The number of carbonyl (C=O) groups is 1. The number of rotatable bonds is 5. The fraction of sp³-hybridized carbons (Fsp3) is 0.632. The van der Waals surface area contributed by atoms with Crippen LogP contribution in [0.5, 0.6) is 5.75 Å². The van der Waals surface area contributed by atoms with Crippen molar-refractivity contribution in [1.29, 1.82) is 0 Å². The number of hydrogen-bond donors (Lipinski definition) is 1. The summed E-state index contributed by atoms with van der Waals surface area (Å²) in [7, 11) is 0. The minimum absolute atomic E-state index is 0.0590. The van der Waals surface area contributed by atoms with Crippen molar-refractivity contribution in [1.82, 2.24) is 10.2 Å². The van der Waals surface area contributed by atoms with E-state index < -0.39 is 0 Å². The smallest absolute Gasteiger partial charge is 0.318 e. The van der Waals surface area contributed by atoms with E-state index >= 15 is 0 Å². The molecule has 6 heteroatoms. The summed E-state index contributed by atoms with van der Waals surface area (Å²) in [4.78, 5) is 14.8. The lowest BCUT2D eigenvalue weighted by Gasteiger charge is -2.29. The fourth-order valence-electron chi connectivity index (χ4n) is 3.83. The third-order valence-corrected chi connectivity index (χ3v) is 5.18. The maximum Gasteiger partial charge on any atom is 0.318 e. The number of hydrogen-bond acceptors (Lipinski definition) is 4. The van der Waals surface area contributed by atoms with Crippen LogP contribution in [-0.2, 0) is 9.47 Å². The van der Waals surface area contributed by atoms with Gasteiger partial charge in [0.2, 0.25) is 0 Å². The Morgan fingerprint density at radius 2 is 1.76 bits per heavy atom. The molecule has 0 aliphatic carbocycles. The number of nitrogens with zero attached hydrogens (tertiary/aromatic N) is 1. The molecule has 1 N–H and O–H groups in total. The van der Waals surface area contributed by atoms with Gasteiger partial charge in [0.1, 0.15) is 12.4 Å². The van der Waals surface area contributed by atoms with Gasteiger partial charge in [-0.05, 0) is 31.7 Å². The van der Waals surface area contributed by atoms with E-state index in [-0.39, 0.29) is 24.3 Å². The van der Waals surface area contributed by atoms with E-state index in [1.54, 1.807) is 0 Å². The molecule has 2 amide bonds. The van der Waals surface area contributed by atoms with Crippen molar-refractivity contribution in [3.63, 3.8) is 0 Å². The Labute approximate surface area is 148 Å². The third kappa shape index (κ3) is 3.90. The van der Waals surface area contributed by atoms with E-state index in [1.165, 1.54) is 0 Å². The first-order chi connectivity index (χ1) is 12.3. The average Bonchev–Trinajstić information content (AvgIpc) is 3.37. The van der Waals surface area contributed by atoms with E-state index in [1.807, 2.05) is 29.2 Å². The Kier molecular flexibility index (Phi) is 5.08. The molecule has 3 aliphatic heterocycles. The van der Waals surface area contributed by atoms with Gasteiger partial charge >= 0.3 is 6.03 Å². The second-order valence-electron chi connectivity index (χ2n) is 7.03. The minimum Gasteiger partial charge on any atom is -0.491 e. The number of fused-ring (bicyclic) bond motifs is 1. The summed E-state index contributed by atoms with van der Waals surface area (Å²) in [6, 6.07) is 7.72. The first-order valence-corrected chi connectivity index (χ1v) is 9.30. The first kappa shape index (κ1) is 16.7. The van der Waals surface area contributed by atoms with Crippen molar-refractivity contribution in [2.75, 3.05) is 32.9 Å². The van der Waals surface area contributed by atoms with Crippen molar-refractivity contribution in [2.45, 2.75) is 43.9 Å². The van der Waals surface area contributed by atoms with Crippen LogP contribution in [0.1, 0.15) is 37.3 Å². The number of carbonyl (C=O) groups excluding carboxylic acids is 1. The van der Waals surface area contributed by atoms with Crippen LogP contribution in [0.4, 0.5) is 4.79 Å². The van der Waals surface area contributed by atoms with Crippen LogP contribution >= 0.6 is 0 Å². The van der Waals surface area contributed by atoms with Gasteiger partial charge in [-0.25, -0.2) is 4.79 Å². The van der Waals surface area contributed by atoms with Gasteiger partial charge in [-0.3, -0.25) is 0 Å². The van der Waals surface area contributed by atoms with Crippen LogP contribution in [0.2, 0.25) is 0 Å². The summed E-state index contributed by atoms with van der Waals surface area (Å²) >= 11 is 0. The highest BCUT2D eigenvalue weighted by Crippen LogP contribution is 2.31. The lowest BCUT2D eigenvalue weighted by atomic mass is 10.1. The Hall–Kier alpha value is -1.79. The highest BCUT2D eigenvalue weighted by Gasteiger charge is 2.30. The zero-order valence-electron chi connectivity index (χ0n) is 14.5. The fourth-order valence-corrected chi connectivity index (χ4v) is 3.83. The topological polar surface area (TPSA) is 60.0 Å². The molecule has 0 aromatic heterocycles. The Balaban J connectivity index is 1.41. The van der Waals surface area contributed by atoms with Crippen LogP contribution in [0.3, 0.4) is 0 Å². The molecule has 3 heterocycles. The largest absolute Gasteiger partial charge is 0.491 e. The predicted octanol–water partition coefficient (Wildman–Crippen LogP) is 2.49. The molecule has 0 unspecified atom stereocenters. The zero-order chi connectivity index (χ0) is 17.1. The zero-order valence-corrected chi connectivity index (χ0v) is 14.5. The molecule has 3 aliphatic rings. The van der Waals surface area contributed by atoms with Gasteiger partial charge in [0.25, 0.3) is 0 Å². The molecule has 1 aromatic carbocycles. The van der Waals surface area contributed by atoms with E-state index in [0.717, 1.165) is 50.2 Å². The van der Waals surface area contributed by atoms with Crippen molar-refractivity contribution in [2.24, 2.45) is 0 Å². The molecule has 0 radical (unpaired) electrons. The number of ether oxygens (including phenoxy) is 3. The monoisotopic (exact) mass is 346 g/mol. The van der Waals surface area contributed by atoms with Gasteiger partial charge in [-0.1, -0.05) is 18.2 Å². The molecule has 0 bridgehead atoms. The second kappa shape index (κ2) is 7.62. The van der Waals surface area contributed by atoms with Gasteiger partial charge in [-0.15, -0.1) is 0 Å². The summed E-state index contributed by atoms with van der Waals surface area (Å²) in [5.41, 5.74) is 1.05. The average molecular weight is 346 g/mol. The van der Waals surface area contributed by atoms with E-state index in [2.05, 4.69) is 5.32 Å². The lowest BCUT2D eigenvalue weighted by molar-refractivity contribution is 0.0491. The Bertz CT molecular complexity index is 579. The highest BCUT2D eigenvalue weighted by molar-refractivity contribution is 5.75. The standard InChI is InChI=1S/C19H26N2O4/c22-19(20-17-13-25-18-8-2-1-7-16(17)18)21(11-14-5-3-9-23-14)12-15-6-4-10-24-15/h1-2,7-8,14-15,17H,3-6,9-13H2,(H,20,22)/t14-,15+,17-/m1/s1. The maximum atomic E-state index is 12.9. The summed E-state index contributed by atoms with van der Waals surface area (Å²) < 4.78 is 17.2. The van der Waals surface area contributed by atoms with Crippen LogP contribution in [0, 0.1) is 0 Å². The van der Waals surface area contributed by atoms with E-state index in [4.69, 9.17) is 14.2 Å². The number of para-hydroxylation sites is 1. The van der Waals surface area contributed by atoms with Crippen molar-refractivity contribution < 1.29 is 19.0 Å². The number of urea groups is 1. The first-order valence-electron chi connectivity index (χ1n) is 9.30. The van der Waals surface area contributed by atoms with Gasteiger partial charge in [-0.2, -0.15) is 0 Å². The van der Waals surface area contributed by atoms with Crippen LogP contribution in [-0.4, -0.2) is 56.0 Å². The van der Waals surface area contributed by atoms with Crippen LogP contribution in [0.15, 0.2) is 24.3 Å². The quantitative estimate of drug-likeness (QED) is 0.890. The normalized spacial score (nSPS) is 27.8. The second-order valence-corrected chi connectivity index (χ2v) is 7.03.